The van der Waals surface area contributed by atoms with Crippen molar-refractivity contribution in [2.75, 3.05) is 6.54 Å². The zero-order valence-electron chi connectivity index (χ0n) is 14.2. The third kappa shape index (κ3) is 8.65. The third-order valence-corrected chi connectivity index (χ3v) is 3.16. The van der Waals surface area contributed by atoms with Gasteiger partial charge in [0.1, 0.15) is 12.1 Å². The molecule has 0 aliphatic carbocycles. The summed E-state index contributed by atoms with van der Waals surface area (Å²) in [4.78, 5) is 56.5. The Kier molecular flexibility index (Phi) is 9.13. The Morgan fingerprint density at radius 2 is 1.52 bits per heavy atom. The number of amides is 3. The molecule has 142 valence electrons. The van der Waals surface area contributed by atoms with Crippen LogP contribution in [0, 0.1) is 5.92 Å². The van der Waals surface area contributed by atoms with E-state index in [0.717, 1.165) is 0 Å². The van der Waals surface area contributed by atoms with Crippen LogP contribution in [0.4, 0.5) is 0 Å². The normalized spacial score (nSPS) is 14.1. The SMILES string of the molecule is CC(NC(=O)CNC(=O)C(N)CC(=O)O)C(=O)NC(C(=O)O)C(C)C. The number of hydrogen-bond acceptors (Lipinski definition) is 6. The van der Waals surface area contributed by atoms with Gasteiger partial charge < -0.3 is 31.9 Å². The number of carboxylic acids is 2. The van der Waals surface area contributed by atoms with Crippen LogP contribution in [-0.2, 0) is 24.0 Å². The van der Waals surface area contributed by atoms with E-state index in [9.17, 15) is 24.0 Å². The Balaban J connectivity index is 4.41. The van der Waals surface area contributed by atoms with Gasteiger partial charge >= 0.3 is 11.9 Å². The van der Waals surface area contributed by atoms with Gasteiger partial charge in [-0.2, -0.15) is 0 Å². The maximum Gasteiger partial charge on any atom is 0.326 e. The van der Waals surface area contributed by atoms with Crippen LogP contribution in [0.2, 0.25) is 0 Å². The van der Waals surface area contributed by atoms with E-state index in [0.29, 0.717) is 0 Å². The first-order valence-corrected chi connectivity index (χ1v) is 7.53. The standard InChI is InChI=1S/C14H24N4O7/c1-6(2)11(14(24)25)18-12(22)7(3)17-9(19)5-16-13(23)8(15)4-10(20)21/h6-8,11H,4-5,15H2,1-3H3,(H,16,23)(H,17,19)(H,18,22)(H,20,21)(H,24,25). The summed E-state index contributed by atoms with van der Waals surface area (Å²) in [5.74, 6) is -5.02. The highest BCUT2D eigenvalue weighted by atomic mass is 16.4. The first kappa shape index (κ1) is 22.3. The monoisotopic (exact) mass is 360 g/mol. The zero-order valence-corrected chi connectivity index (χ0v) is 14.2. The average molecular weight is 360 g/mol. The van der Waals surface area contributed by atoms with Gasteiger partial charge in [0.05, 0.1) is 19.0 Å². The van der Waals surface area contributed by atoms with Crippen molar-refractivity contribution in [1.29, 1.82) is 0 Å². The number of carbonyl (C=O) groups excluding carboxylic acids is 3. The van der Waals surface area contributed by atoms with Crippen LogP contribution < -0.4 is 21.7 Å². The van der Waals surface area contributed by atoms with Gasteiger partial charge in [-0.3, -0.25) is 19.2 Å². The van der Waals surface area contributed by atoms with Gasteiger partial charge in [0.15, 0.2) is 0 Å². The second-order valence-electron chi connectivity index (χ2n) is 5.78. The fourth-order valence-corrected chi connectivity index (χ4v) is 1.73. The zero-order chi connectivity index (χ0) is 19.7. The van der Waals surface area contributed by atoms with Gasteiger partial charge in [-0.15, -0.1) is 0 Å². The van der Waals surface area contributed by atoms with E-state index < -0.39 is 60.8 Å². The molecule has 25 heavy (non-hydrogen) atoms. The van der Waals surface area contributed by atoms with Crippen molar-refractivity contribution in [1.82, 2.24) is 16.0 Å². The third-order valence-electron chi connectivity index (χ3n) is 3.16. The van der Waals surface area contributed by atoms with Crippen molar-refractivity contribution >= 4 is 29.7 Å². The number of aliphatic carboxylic acids is 2. The van der Waals surface area contributed by atoms with Crippen molar-refractivity contribution in [3.05, 3.63) is 0 Å². The van der Waals surface area contributed by atoms with Crippen molar-refractivity contribution < 1.29 is 34.2 Å². The Bertz CT molecular complexity index is 535. The van der Waals surface area contributed by atoms with Crippen LogP contribution in [0.15, 0.2) is 0 Å². The molecular formula is C14H24N4O7. The molecule has 0 aliphatic heterocycles. The van der Waals surface area contributed by atoms with E-state index in [1.165, 1.54) is 6.92 Å². The predicted molar refractivity (Wildman–Crippen MR) is 85.2 cm³/mol. The Labute approximate surface area is 144 Å². The summed E-state index contributed by atoms with van der Waals surface area (Å²) in [6.45, 7) is 4.09. The summed E-state index contributed by atoms with van der Waals surface area (Å²) in [7, 11) is 0. The van der Waals surface area contributed by atoms with Crippen LogP contribution in [0.3, 0.4) is 0 Å². The molecule has 11 heteroatoms. The summed E-state index contributed by atoms with van der Waals surface area (Å²) < 4.78 is 0. The topological polar surface area (TPSA) is 188 Å². The smallest absolute Gasteiger partial charge is 0.326 e. The second-order valence-corrected chi connectivity index (χ2v) is 5.78. The number of hydrogen-bond donors (Lipinski definition) is 6. The van der Waals surface area contributed by atoms with E-state index in [1.54, 1.807) is 13.8 Å². The molecule has 0 aromatic carbocycles. The van der Waals surface area contributed by atoms with Gasteiger partial charge in [0, 0.05) is 0 Å². The molecule has 3 amide bonds. The number of rotatable bonds is 10. The number of nitrogens with one attached hydrogen (secondary N) is 3. The average Bonchev–Trinajstić information content (AvgIpc) is 2.48. The summed E-state index contributed by atoms with van der Waals surface area (Å²) in [6, 6.07) is -3.42. The summed E-state index contributed by atoms with van der Waals surface area (Å²) >= 11 is 0. The van der Waals surface area contributed by atoms with Crippen molar-refractivity contribution in [2.24, 2.45) is 11.7 Å². The van der Waals surface area contributed by atoms with Crippen LogP contribution in [0.5, 0.6) is 0 Å². The molecule has 0 heterocycles. The van der Waals surface area contributed by atoms with Gasteiger partial charge in [-0.25, -0.2) is 4.79 Å². The molecule has 0 saturated carbocycles. The molecule has 0 bridgehead atoms. The first-order chi connectivity index (χ1) is 11.5. The van der Waals surface area contributed by atoms with Crippen LogP contribution in [0.1, 0.15) is 27.2 Å². The lowest BCUT2D eigenvalue weighted by molar-refractivity contribution is -0.143. The first-order valence-electron chi connectivity index (χ1n) is 7.53. The van der Waals surface area contributed by atoms with E-state index in [4.69, 9.17) is 15.9 Å². The summed E-state index contributed by atoms with van der Waals surface area (Å²) in [5.41, 5.74) is 5.32. The summed E-state index contributed by atoms with van der Waals surface area (Å²) in [6.07, 6.45) is -0.585. The van der Waals surface area contributed by atoms with Gasteiger partial charge in [-0.1, -0.05) is 13.8 Å². The highest BCUT2D eigenvalue weighted by Crippen LogP contribution is 2.02. The van der Waals surface area contributed by atoms with Gasteiger partial charge in [0.25, 0.3) is 0 Å². The molecule has 0 aromatic rings. The molecule has 0 aliphatic rings. The van der Waals surface area contributed by atoms with E-state index >= 15 is 0 Å². The minimum absolute atomic E-state index is 0.348. The molecule has 0 radical (unpaired) electrons. The van der Waals surface area contributed by atoms with Crippen LogP contribution >= 0.6 is 0 Å². The molecule has 3 atom stereocenters. The Morgan fingerprint density at radius 3 is 1.96 bits per heavy atom. The molecule has 0 saturated heterocycles. The molecule has 7 N–H and O–H groups in total. The number of carbonyl (C=O) groups is 5. The second kappa shape index (κ2) is 10.2. The van der Waals surface area contributed by atoms with Crippen molar-refractivity contribution in [3.63, 3.8) is 0 Å². The molecule has 3 unspecified atom stereocenters. The lowest BCUT2D eigenvalue weighted by atomic mass is 10.0. The van der Waals surface area contributed by atoms with E-state index in [2.05, 4.69) is 16.0 Å². The molecule has 0 rings (SSSR count). The lowest BCUT2D eigenvalue weighted by Crippen LogP contribution is -2.53. The van der Waals surface area contributed by atoms with Crippen molar-refractivity contribution in [2.45, 2.75) is 45.3 Å². The minimum atomic E-state index is -1.30. The number of carboxylic acid groups (broad SMARTS) is 2. The Hall–Kier alpha value is -2.69. The maximum atomic E-state index is 11.9. The molecule has 0 spiro atoms. The minimum Gasteiger partial charge on any atom is -0.481 e. The summed E-state index contributed by atoms with van der Waals surface area (Å²) in [5, 5.41) is 24.3. The highest BCUT2D eigenvalue weighted by Gasteiger charge is 2.26. The van der Waals surface area contributed by atoms with E-state index in [-0.39, 0.29) is 5.92 Å². The van der Waals surface area contributed by atoms with Crippen LogP contribution in [0.25, 0.3) is 0 Å². The molecule has 0 aromatic heterocycles. The predicted octanol–water partition coefficient (Wildman–Crippen LogP) is -2.37. The fourth-order valence-electron chi connectivity index (χ4n) is 1.73. The largest absolute Gasteiger partial charge is 0.481 e. The molecule has 0 fully saturated rings. The number of nitrogens with two attached hydrogens (primary N) is 1. The van der Waals surface area contributed by atoms with Gasteiger partial charge in [-0.05, 0) is 12.8 Å². The van der Waals surface area contributed by atoms with Crippen LogP contribution in [-0.4, -0.2) is 64.5 Å². The van der Waals surface area contributed by atoms with Gasteiger partial charge in [0.2, 0.25) is 17.7 Å². The van der Waals surface area contributed by atoms with E-state index in [1.807, 2.05) is 0 Å². The van der Waals surface area contributed by atoms with Crippen molar-refractivity contribution in [3.8, 4) is 0 Å². The highest BCUT2D eigenvalue weighted by molar-refractivity contribution is 5.92. The Morgan fingerprint density at radius 1 is 0.960 bits per heavy atom. The molecule has 11 nitrogen and oxygen atoms in total. The maximum absolute atomic E-state index is 11.9. The lowest BCUT2D eigenvalue weighted by Gasteiger charge is -2.21. The molecular weight excluding hydrogens is 336 g/mol. The quantitative estimate of drug-likeness (QED) is 0.249. The fraction of sp³-hybridized carbons (Fsp3) is 0.643.